The number of allylic oxidation sites excluding steroid dienone is 1. The molecule has 242 valence electrons. The summed E-state index contributed by atoms with van der Waals surface area (Å²) >= 11 is 12.4. The Labute approximate surface area is 278 Å². The number of barbiturate groups is 1. The maximum atomic E-state index is 13.6. The first-order valence-electron chi connectivity index (χ1n) is 14.9. The monoisotopic (exact) mass is 666 g/mol. The molecular formula is C35H36Cl2N2O7. The average Bonchev–Trinajstić information content (AvgIpc) is 3.02. The van der Waals surface area contributed by atoms with E-state index in [0.29, 0.717) is 76.0 Å². The van der Waals surface area contributed by atoms with Gasteiger partial charge in [-0.05, 0) is 80.3 Å². The molecule has 1 aliphatic heterocycles. The van der Waals surface area contributed by atoms with Crippen molar-refractivity contribution < 1.29 is 33.3 Å². The second-order valence-corrected chi connectivity index (χ2v) is 11.1. The van der Waals surface area contributed by atoms with E-state index in [9.17, 15) is 14.4 Å². The average molecular weight is 668 g/mol. The van der Waals surface area contributed by atoms with Crippen LogP contribution in [0.2, 0.25) is 10.0 Å². The molecule has 0 unspecified atom stereocenters. The van der Waals surface area contributed by atoms with E-state index in [4.69, 9.17) is 42.1 Å². The maximum absolute atomic E-state index is 13.6. The number of hydrogen-bond acceptors (Lipinski definition) is 7. The van der Waals surface area contributed by atoms with Crippen molar-refractivity contribution in [2.24, 2.45) is 0 Å². The quantitative estimate of drug-likeness (QED) is 0.101. The zero-order chi connectivity index (χ0) is 33.2. The Morgan fingerprint density at radius 2 is 1.61 bits per heavy atom. The molecule has 46 heavy (non-hydrogen) atoms. The third-order valence-electron chi connectivity index (χ3n) is 6.81. The first-order chi connectivity index (χ1) is 22.2. The largest absolute Gasteiger partial charge is 0.490 e. The Hall–Kier alpha value is -4.47. The number of ether oxygens (including phenoxy) is 4. The summed E-state index contributed by atoms with van der Waals surface area (Å²) < 4.78 is 23.6. The summed E-state index contributed by atoms with van der Waals surface area (Å²) in [6.07, 6.45) is 4.37. The lowest BCUT2D eigenvalue weighted by molar-refractivity contribution is -0.130. The molecule has 3 aromatic carbocycles. The molecule has 4 amide bonds. The number of benzene rings is 3. The van der Waals surface area contributed by atoms with E-state index < -0.39 is 17.8 Å². The van der Waals surface area contributed by atoms with Gasteiger partial charge in [-0.15, -0.1) is 6.58 Å². The van der Waals surface area contributed by atoms with E-state index in [1.54, 1.807) is 54.6 Å². The summed E-state index contributed by atoms with van der Waals surface area (Å²) in [5, 5.41) is 3.26. The Bertz CT molecular complexity index is 1650. The van der Waals surface area contributed by atoms with Crippen LogP contribution in [0.5, 0.6) is 23.0 Å². The zero-order valence-corrected chi connectivity index (χ0v) is 27.5. The van der Waals surface area contributed by atoms with Crippen LogP contribution in [0.3, 0.4) is 0 Å². The number of carbonyl (C=O) groups excluding carboxylic acids is 3. The van der Waals surface area contributed by atoms with E-state index in [0.717, 1.165) is 16.9 Å². The highest BCUT2D eigenvalue weighted by atomic mass is 35.5. The van der Waals surface area contributed by atoms with Gasteiger partial charge in [-0.3, -0.25) is 19.8 Å². The van der Waals surface area contributed by atoms with Crippen molar-refractivity contribution in [3.05, 3.63) is 99.1 Å². The summed E-state index contributed by atoms with van der Waals surface area (Å²) in [7, 11) is 0. The highest BCUT2D eigenvalue weighted by Gasteiger charge is 2.36. The fourth-order valence-corrected chi connectivity index (χ4v) is 5.19. The smallest absolute Gasteiger partial charge is 0.331 e. The van der Waals surface area contributed by atoms with Crippen molar-refractivity contribution in [3.8, 4) is 23.0 Å². The van der Waals surface area contributed by atoms with Crippen LogP contribution in [-0.2, 0) is 29.2 Å². The molecule has 0 aromatic heterocycles. The number of nitrogens with zero attached hydrogens (tertiary/aromatic N) is 1. The normalized spacial score (nSPS) is 13.9. The number of imide groups is 2. The van der Waals surface area contributed by atoms with Crippen molar-refractivity contribution in [2.45, 2.75) is 46.8 Å². The van der Waals surface area contributed by atoms with Crippen LogP contribution < -0.4 is 24.3 Å². The molecule has 1 N–H and O–H groups in total. The molecule has 1 heterocycles. The predicted octanol–water partition coefficient (Wildman–Crippen LogP) is 7.55. The minimum atomic E-state index is -0.816. The molecule has 0 aliphatic carbocycles. The summed E-state index contributed by atoms with van der Waals surface area (Å²) in [6, 6.07) is 13.0. The lowest BCUT2D eigenvalue weighted by Crippen LogP contribution is -2.53. The van der Waals surface area contributed by atoms with Crippen molar-refractivity contribution in [2.75, 3.05) is 19.8 Å². The fraction of sp³-hybridized carbons (Fsp3) is 0.286. The summed E-state index contributed by atoms with van der Waals surface area (Å²) in [5.41, 5.74) is 2.36. The number of urea groups is 1. The van der Waals surface area contributed by atoms with Crippen LogP contribution >= 0.6 is 23.2 Å². The minimum absolute atomic E-state index is 0.0879. The molecule has 0 saturated carbocycles. The number of rotatable bonds is 15. The molecule has 3 aromatic rings. The Kier molecular flexibility index (Phi) is 12.1. The van der Waals surface area contributed by atoms with Crippen LogP contribution in [0.1, 0.15) is 49.4 Å². The molecule has 1 fully saturated rings. The van der Waals surface area contributed by atoms with Gasteiger partial charge in [0, 0.05) is 21.2 Å². The second kappa shape index (κ2) is 16.2. The van der Waals surface area contributed by atoms with Gasteiger partial charge in [-0.25, -0.2) is 4.79 Å². The number of nitrogens with one attached hydrogen (secondary N) is 1. The first-order valence-corrected chi connectivity index (χ1v) is 15.7. The van der Waals surface area contributed by atoms with Crippen molar-refractivity contribution in [3.63, 3.8) is 0 Å². The molecule has 1 saturated heterocycles. The maximum Gasteiger partial charge on any atom is 0.331 e. The Morgan fingerprint density at radius 3 is 2.30 bits per heavy atom. The van der Waals surface area contributed by atoms with Crippen molar-refractivity contribution >= 4 is 47.1 Å². The lowest BCUT2D eigenvalue weighted by Gasteiger charge is -2.27. The molecule has 0 bridgehead atoms. The third kappa shape index (κ3) is 8.41. The van der Waals surface area contributed by atoms with Crippen molar-refractivity contribution in [1.82, 2.24) is 10.2 Å². The van der Waals surface area contributed by atoms with Gasteiger partial charge in [0.1, 0.15) is 12.2 Å². The Balaban J connectivity index is 1.65. The van der Waals surface area contributed by atoms with Gasteiger partial charge in [0.15, 0.2) is 23.0 Å². The minimum Gasteiger partial charge on any atom is -0.490 e. The van der Waals surface area contributed by atoms with E-state index >= 15 is 0 Å². The summed E-state index contributed by atoms with van der Waals surface area (Å²) in [6.45, 7) is 10.9. The first kappa shape index (κ1) is 34.4. The fourth-order valence-electron chi connectivity index (χ4n) is 4.73. The summed E-state index contributed by atoms with van der Waals surface area (Å²) in [4.78, 5) is 40.3. The Morgan fingerprint density at radius 1 is 0.848 bits per heavy atom. The molecule has 11 heteroatoms. The standard InChI is InChI=1S/C35H36Cl2N2O7/c1-5-9-24-15-23(18-31(44-8-4)32(24)46-21-25-11-12-26(36)19-28(25)37)16-27-33(40)38-35(42)39(34(27)41)20-22-10-13-29(45-14-6-2)30(17-22)43-7-3/h5,10-13,15-19H,1,6-9,14,20-21H2,2-4H3,(H,38,40,42)/b27-16+. The number of hydrogen-bond donors (Lipinski definition) is 1. The van der Waals surface area contributed by atoms with Crippen LogP contribution in [0.4, 0.5) is 4.79 Å². The molecule has 0 spiro atoms. The van der Waals surface area contributed by atoms with Gasteiger partial charge >= 0.3 is 6.03 Å². The van der Waals surface area contributed by atoms with Crippen LogP contribution in [0.15, 0.2) is 66.8 Å². The van der Waals surface area contributed by atoms with Gasteiger partial charge in [0.05, 0.1) is 26.4 Å². The van der Waals surface area contributed by atoms with E-state index in [2.05, 4.69) is 11.9 Å². The van der Waals surface area contributed by atoms with E-state index in [1.807, 2.05) is 20.8 Å². The predicted molar refractivity (Wildman–Crippen MR) is 178 cm³/mol. The molecule has 1 aliphatic rings. The van der Waals surface area contributed by atoms with Crippen molar-refractivity contribution in [1.29, 1.82) is 0 Å². The van der Waals surface area contributed by atoms with Gasteiger partial charge in [-0.2, -0.15) is 0 Å². The van der Waals surface area contributed by atoms with Gasteiger partial charge in [-0.1, -0.05) is 48.3 Å². The molecule has 0 radical (unpaired) electrons. The van der Waals surface area contributed by atoms with E-state index in [-0.39, 0.29) is 18.7 Å². The summed E-state index contributed by atoms with van der Waals surface area (Å²) in [5.74, 6) is 0.419. The highest BCUT2D eigenvalue weighted by Crippen LogP contribution is 2.36. The van der Waals surface area contributed by atoms with Gasteiger partial charge in [0.25, 0.3) is 11.8 Å². The highest BCUT2D eigenvalue weighted by molar-refractivity contribution is 6.35. The van der Waals surface area contributed by atoms with Gasteiger partial charge in [0.2, 0.25) is 0 Å². The molecule has 0 atom stereocenters. The topological polar surface area (TPSA) is 103 Å². The number of halogens is 2. The zero-order valence-electron chi connectivity index (χ0n) is 26.0. The van der Waals surface area contributed by atoms with Crippen LogP contribution in [0, 0.1) is 0 Å². The molecule has 4 rings (SSSR count). The SMILES string of the molecule is C=CCc1cc(/C=C2\C(=O)NC(=O)N(Cc3ccc(OCCC)c(OCC)c3)C2=O)cc(OCC)c1OCc1ccc(Cl)cc1Cl. The number of amides is 4. The second-order valence-electron chi connectivity index (χ2n) is 10.2. The third-order valence-corrected chi connectivity index (χ3v) is 7.40. The van der Waals surface area contributed by atoms with Crippen LogP contribution in [0.25, 0.3) is 6.08 Å². The molecule has 9 nitrogen and oxygen atoms in total. The molecular weight excluding hydrogens is 631 g/mol. The van der Waals surface area contributed by atoms with Gasteiger partial charge < -0.3 is 18.9 Å². The lowest BCUT2D eigenvalue weighted by atomic mass is 10.0. The van der Waals surface area contributed by atoms with Crippen LogP contribution in [-0.4, -0.2) is 42.6 Å². The number of carbonyl (C=O) groups is 3. The van der Waals surface area contributed by atoms with E-state index in [1.165, 1.54) is 6.08 Å².